The Hall–Kier alpha value is -0.940. The van der Waals surface area contributed by atoms with Gasteiger partial charge in [-0.1, -0.05) is 30.3 Å². The minimum absolute atomic E-state index is 0.304. The third kappa shape index (κ3) is 3.26. The summed E-state index contributed by atoms with van der Waals surface area (Å²) in [4.78, 5) is 0. The van der Waals surface area contributed by atoms with Gasteiger partial charge in [-0.15, -0.1) is 0 Å². The van der Waals surface area contributed by atoms with Gasteiger partial charge in [-0.2, -0.15) is 0 Å². The summed E-state index contributed by atoms with van der Waals surface area (Å²) in [6, 6.07) is 9.75. The first-order valence-corrected chi connectivity index (χ1v) is 5.84. The van der Waals surface area contributed by atoms with Crippen molar-refractivity contribution in [3.05, 3.63) is 35.9 Å². The van der Waals surface area contributed by atoms with Crippen molar-refractivity contribution in [2.24, 2.45) is 0 Å². The van der Waals surface area contributed by atoms with Crippen LogP contribution in [0.2, 0.25) is 0 Å². The largest absolute Gasteiger partial charge is 0.388 e. The van der Waals surface area contributed by atoms with Crippen LogP contribution in [0.15, 0.2) is 30.3 Å². The molecule has 4 atom stereocenters. The lowest BCUT2D eigenvalue weighted by Crippen LogP contribution is -2.47. The Morgan fingerprint density at radius 2 is 2.00 bits per heavy atom. The van der Waals surface area contributed by atoms with Gasteiger partial charge in [0.05, 0.1) is 18.8 Å². The first-order chi connectivity index (χ1) is 8.16. The lowest BCUT2D eigenvalue weighted by Gasteiger charge is -2.35. The number of aliphatic hydroxyl groups excluding tert-OH is 2. The summed E-state index contributed by atoms with van der Waals surface area (Å²) >= 11 is 0. The molecule has 1 saturated heterocycles. The van der Waals surface area contributed by atoms with Crippen molar-refractivity contribution in [1.29, 1.82) is 0 Å². The first-order valence-electron chi connectivity index (χ1n) is 5.84. The summed E-state index contributed by atoms with van der Waals surface area (Å²) < 4.78 is 10.7. The quantitative estimate of drug-likeness (QED) is 0.826. The van der Waals surface area contributed by atoms with Gasteiger partial charge in [0.25, 0.3) is 0 Å². The second-order valence-corrected chi connectivity index (χ2v) is 4.36. The van der Waals surface area contributed by atoms with E-state index in [0.717, 1.165) is 5.56 Å². The standard InChI is InChI=1S/C13H18O4/c1-9-13(15)11(7-12(14)17-9)16-8-10-5-3-2-4-6-10/h2-6,9,11-15H,7-8H2,1H3/t9-,11-,12+,13+/m0/s1. The second kappa shape index (κ2) is 5.60. The van der Waals surface area contributed by atoms with E-state index in [9.17, 15) is 10.2 Å². The zero-order chi connectivity index (χ0) is 12.3. The van der Waals surface area contributed by atoms with Crippen molar-refractivity contribution in [2.75, 3.05) is 0 Å². The van der Waals surface area contributed by atoms with E-state index < -0.39 is 18.5 Å². The number of hydrogen-bond acceptors (Lipinski definition) is 4. The minimum Gasteiger partial charge on any atom is -0.388 e. The number of hydrogen-bond donors (Lipinski definition) is 2. The van der Waals surface area contributed by atoms with Gasteiger partial charge in [-0.05, 0) is 12.5 Å². The van der Waals surface area contributed by atoms with Gasteiger partial charge in [0.1, 0.15) is 6.10 Å². The third-order valence-electron chi connectivity index (χ3n) is 2.97. The van der Waals surface area contributed by atoms with Gasteiger partial charge in [-0.25, -0.2) is 0 Å². The van der Waals surface area contributed by atoms with Crippen LogP contribution >= 0.6 is 0 Å². The average molecular weight is 238 g/mol. The van der Waals surface area contributed by atoms with Crippen LogP contribution < -0.4 is 0 Å². The molecule has 1 aromatic carbocycles. The SMILES string of the molecule is C[C@@H]1O[C@@H](O)C[C@H](OCc2ccccc2)[C@@H]1O. The number of ether oxygens (including phenoxy) is 2. The lowest BCUT2D eigenvalue weighted by atomic mass is 10.0. The molecule has 1 heterocycles. The highest BCUT2D eigenvalue weighted by Gasteiger charge is 2.35. The van der Waals surface area contributed by atoms with E-state index in [4.69, 9.17) is 9.47 Å². The molecular formula is C13H18O4. The smallest absolute Gasteiger partial charge is 0.157 e. The predicted molar refractivity (Wildman–Crippen MR) is 62.2 cm³/mol. The monoisotopic (exact) mass is 238 g/mol. The fourth-order valence-electron chi connectivity index (χ4n) is 1.97. The molecule has 4 heteroatoms. The highest BCUT2D eigenvalue weighted by molar-refractivity contribution is 5.13. The number of aliphatic hydroxyl groups is 2. The molecule has 0 unspecified atom stereocenters. The summed E-state index contributed by atoms with van der Waals surface area (Å²) in [6.07, 6.45) is -2.03. The molecule has 0 bridgehead atoms. The molecule has 2 N–H and O–H groups in total. The molecule has 1 aliphatic rings. The summed E-state index contributed by atoms with van der Waals surface area (Å²) in [6.45, 7) is 2.16. The molecule has 4 nitrogen and oxygen atoms in total. The van der Waals surface area contributed by atoms with Crippen molar-refractivity contribution < 1.29 is 19.7 Å². The van der Waals surface area contributed by atoms with E-state index in [1.807, 2.05) is 30.3 Å². The molecule has 94 valence electrons. The normalized spacial score (nSPS) is 33.6. The summed E-state index contributed by atoms with van der Waals surface area (Å²) in [7, 11) is 0. The van der Waals surface area contributed by atoms with Gasteiger partial charge < -0.3 is 19.7 Å². The fraction of sp³-hybridized carbons (Fsp3) is 0.538. The van der Waals surface area contributed by atoms with Crippen LogP contribution in [-0.2, 0) is 16.1 Å². The van der Waals surface area contributed by atoms with Gasteiger partial charge in [-0.3, -0.25) is 0 Å². The van der Waals surface area contributed by atoms with Crippen LogP contribution in [-0.4, -0.2) is 34.8 Å². The Bertz CT molecular complexity index is 341. The first kappa shape index (κ1) is 12.5. The number of benzene rings is 1. The zero-order valence-electron chi connectivity index (χ0n) is 9.82. The molecule has 0 saturated carbocycles. The van der Waals surface area contributed by atoms with Crippen molar-refractivity contribution in [3.8, 4) is 0 Å². The fourth-order valence-corrected chi connectivity index (χ4v) is 1.97. The highest BCUT2D eigenvalue weighted by atomic mass is 16.6. The highest BCUT2D eigenvalue weighted by Crippen LogP contribution is 2.22. The Kier molecular flexibility index (Phi) is 4.12. The molecule has 0 amide bonds. The zero-order valence-corrected chi connectivity index (χ0v) is 9.82. The molecule has 1 fully saturated rings. The summed E-state index contributed by atoms with van der Waals surface area (Å²) in [5.41, 5.74) is 1.05. The van der Waals surface area contributed by atoms with E-state index in [-0.39, 0.29) is 6.10 Å². The molecular weight excluding hydrogens is 220 g/mol. The van der Waals surface area contributed by atoms with E-state index in [0.29, 0.717) is 13.0 Å². The van der Waals surface area contributed by atoms with Gasteiger partial charge in [0.2, 0.25) is 0 Å². The van der Waals surface area contributed by atoms with Crippen LogP contribution in [0, 0.1) is 0 Å². The van der Waals surface area contributed by atoms with Crippen LogP contribution in [0.25, 0.3) is 0 Å². The van der Waals surface area contributed by atoms with Crippen LogP contribution in [0.4, 0.5) is 0 Å². The number of rotatable bonds is 3. The molecule has 0 spiro atoms. The second-order valence-electron chi connectivity index (χ2n) is 4.36. The summed E-state index contributed by atoms with van der Waals surface area (Å²) in [5.74, 6) is 0. The molecule has 2 rings (SSSR count). The molecule has 1 aromatic rings. The van der Waals surface area contributed by atoms with Crippen LogP contribution in [0.3, 0.4) is 0 Å². The van der Waals surface area contributed by atoms with Crippen LogP contribution in [0.1, 0.15) is 18.9 Å². The van der Waals surface area contributed by atoms with E-state index in [1.54, 1.807) is 6.92 Å². The molecule has 0 aliphatic carbocycles. The van der Waals surface area contributed by atoms with Crippen molar-refractivity contribution in [1.82, 2.24) is 0 Å². The van der Waals surface area contributed by atoms with Gasteiger partial charge >= 0.3 is 0 Å². The maximum atomic E-state index is 9.87. The molecule has 17 heavy (non-hydrogen) atoms. The minimum atomic E-state index is -0.853. The Labute approximate surface area is 101 Å². The van der Waals surface area contributed by atoms with Crippen molar-refractivity contribution in [2.45, 2.75) is 44.6 Å². The predicted octanol–water partition coefficient (Wildman–Crippen LogP) is 1.06. The summed E-state index contributed by atoms with van der Waals surface area (Å²) in [5, 5.41) is 19.3. The van der Waals surface area contributed by atoms with Gasteiger partial charge in [0.15, 0.2) is 6.29 Å². The average Bonchev–Trinajstić information content (AvgIpc) is 2.33. The Morgan fingerprint density at radius 3 is 2.71 bits per heavy atom. The van der Waals surface area contributed by atoms with E-state index in [1.165, 1.54) is 0 Å². The van der Waals surface area contributed by atoms with Gasteiger partial charge in [0, 0.05) is 6.42 Å². The lowest BCUT2D eigenvalue weighted by molar-refractivity contribution is -0.238. The third-order valence-corrected chi connectivity index (χ3v) is 2.97. The van der Waals surface area contributed by atoms with Crippen LogP contribution in [0.5, 0.6) is 0 Å². The molecule has 0 aromatic heterocycles. The van der Waals surface area contributed by atoms with Crippen molar-refractivity contribution >= 4 is 0 Å². The molecule has 0 radical (unpaired) electrons. The van der Waals surface area contributed by atoms with E-state index >= 15 is 0 Å². The van der Waals surface area contributed by atoms with Crippen molar-refractivity contribution in [3.63, 3.8) is 0 Å². The van der Waals surface area contributed by atoms with E-state index in [2.05, 4.69) is 0 Å². The topological polar surface area (TPSA) is 58.9 Å². The Morgan fingerprint density at radius 1 is 1.29 bits per heavy atom. The maximum absolute atomic E-state index is 9.87. The maximum Gasteiger partial charge on any atom is 0.157 e. The molecule has 1 aliphatic heterocycles. The Balaban J connectivity index is 1.89.